The molecule has 0 aliphatic heterocycles. The maximum absolute atomic E-state index is 11.0. The van der Waals surface area contributed by atoms with Crippen LogP contribution in [-0.4, -0.2) is 33.7 Å². The van der Waals surface area contributed by atoms with Gasteiger partial charge in [0.1, 0.15) is 6.04 Å². The van der Waals surface area contributed by atoms with E-state index in [9.17, 15) is 19.7 Å². The first-order chi connectivity index (χ1) is 9.72. The van der Waals surface area contributed by atoms with Crippen LogP contribution < -0.4 is 5.32 Å². The number of nitrogens with one attached hydrogen (secondary N) is 1. The van der Waals surface area contributed by atoms with Gasteiger partial charge in [0.25, 0.3) is 5.69 Å². The third-order valence-electron chi connectivity index (χ3n) is 2.28. The lowest BCUT2D eigenvalue weighted by atomic mass is 10.3. The number of benzene rings is 1. The van der Waals surface area contributed by atoms with Gasteiger partial charge in [-0.05, 0) is 6.07 Å². The van der Waals surface area contributed by atoms with Crippen molar-refractivity contribution in [2.75, 3.05) is 5.75 Å². The molecule has 0 aromatic heterocycles. The number of thioether (sulfide) groups is 1. The first-order valence-electron chi connectivity index (χ1n) is 5.48. The molecule has 0 bridgehead atoms. The van der Waals surface area contributed by atoms with Crippen molar-refractivity contribution in [3.05, 3.63) is 32.3 Å². The third kappa shape index (κ3) is 5.07. The van der Waals surface area contributed by atoms with Crippen molar-refractivity contribution in [3.8, 4) is 0 Å². The highest BCUT2D eigenvalue weighted by atomic mass is 35.5. The largest absolute Gasteiger partial charge is 0.480 e. The molecule has 1 amide bonds. The number of carbonyl (C=O) groups is 2. The molecule has 1 rings (SSSR count). The van der Waals surface area contributed by atoms with E-state index in [1.807, 2.05) is 0 Å². The summed E-state index contributed by atoms with van der Waals surface area (Å²) in [4.78, 5) is 32.4. The molecular weight excluding hydrogens is 343 g/mol. The summed E-state index contributed by atoms with van der Waals surface area (Å²) < 4.78 is 0. The number of carbonyl (C=O) groups excluding carboxylic acids is 1. The molecule has 1 aromatic rings. The Hall–Kier alpha value is -1.51. The minimum atomic E-state index is -1.24. The van der Waals surface area contributed by atoms with Gasteiger partial charge in [0.2, 0.25) is 5.91 Å². The first kappa shape index (κ1) is 17.5. The third-order valence-corrected chi connectivity index (χ3v) is 4.14. The van der Waals surface area contributed by atoms with Crippen LogP contribution in [0.4, 0.5) is 5.69 Å². The topological polar surface area (TPSA) is 110 Å². The minimum Gasteiger partial charge on any atom is -0.480 e. The monoisotopic (exact) mass is 352 g/mol. The molecular formula is C11H10Cl2N2O5S. The van der Waals surface area contributed by atoms with Gasteiger partial charge >= 0.3 is 5.97 Å². The summed E-state index contributed by atoms with van der Waals surface area (Å²) in [5.74, 6) is -1.83. The fourth-order valence-electron chi connectivity index (χ4n) is 1.37. The van der Waals surface area contributed by atoms with Gasteiger partial charge in [0.05, 0.1) is 19.9 Å². The summed E-state index contributed by atoms with van der Waals surface area (Å²) in [6.07, 6.45) is 0. The normalized spacial score (nSPS) is 11.8. The van der Waals surface area contributed by atoms with Crippen molar-refractivity contribution >= 4 is 52.5 Å². The number of nitro groups is 1. The Morgan fingerprint density at radius 1 is 1.43 bits per heavy atom. The standard InChI is InChI=1S/C11H10Cl2N2O5S/c1-5(16)14-8(11(17)18)4-21-10-3-7(13)6(12)2-9(10)15(19)20/h2-3,8H,4H2,1H3,(H,14,16)(H,17,18). The highest BCUT2D eigenvalue weighted by Crippen LogP contribution is 2.36. The van der Waals surface area contributed by atoms with E-state index in [4.69, 9.17) is 28.3 Å². The van der Waals surface area contributed by atoms with Gasteiger partial charge in [-0.3, -0.25) is 14.9 Å². The number of nitro benzene ring substituents is 1. The van der Waals surface area contributed by atoms with Gasteiger partial charge in [-0.15, -0.1) is 11.8 Å². The Labute approximate surface area is 133 Å². The Morgan fingerprint density at radius 2 is 2.00 bits per heavy atom. The Kier molecular flexibility index (Phi) is 6.25. The first-order valence-corrected chi connectivity index (χ1v) is 7.22. The Morgan fingerprint density at radius 3 is 2.48 bits per heavy atom. The average Bonchev–Trinajstić information content (AvgIpc) is 2.36. The summed E-state index contributed by atoms with van der Waals surface area (Å²) in [5, 5.41) is 22.3. The quantitative estimate of drug-likeness (QED) is 0.462. The molecule has 1 atom stereocenters. The van der Waals surface area contributed by atoms with E-state index in [1.54, 1.807) is 0 Å². The van der Waals surface area contributed by atoms with E-state index < -0.39 is 22.8 Å². The maximum atomic E-state index is 11.0. The summed E-state index contributed by atoms with van der Waals surface area (Å²) >= 11 is 12.4. The molecule has 0 fully saturated rings. The molecule has 0 saturated carbocycles. The van der Waals surface area contributed by atoms with Gasteiger partial charge in [0.15, 0.2) is 0 Å². The molecule has 0 aliphatic rings. The zero-order chi connectivity index (χ0) is 16.2. The molecule has 0 radical (unpaired) electrons. The highest BCUT2D eigenvalue weighted by molar-refractivity contribution is 7.99. The van der Waals surface area contributed by atoms with Crippen molar-refractivity contribution in [2.24, 2.45) is 0 Å². The number of amides is 1. The molecule has 2 N–H and O–H groups in total. The van der Waals surface area contributed by atoms with Crippen molar-refractivity contribution < 1.29 is 19.6 Å². The fourth-order valence-corrected chi connectivity index (χ4v) is 2.81. The summed E-state index contributed by atoms with van der Waals surface area (Å²) in [6, 6.07) is 1.22. The molecule has 1 unspecified atom stereocenters. The zero-order valence-corrected chi connectivity index (χ0v) is 13.0. The molecule has 1 aromatic carbocycles. The van der Waals surface area contributed by atoms with Crippen LogP contribution >= 0.6 is 35.0 Å². The molecule has 10 heteroatoms. The summed E-state index contributed by atoms with van der Waals surface area (Å²) in [6.45, 7) is 1.18. The second-order valence-electron chi connectivity index (χ2n) is 3.89. The lowest BCUT2D eigenvalue weighted by Gasteiger charge is -2.13. The number of carboxylic acid groups (broad SMARTS) is 1. The van der Waals surface area contributed by atoms with Crippen molar-refractivity contribution in [2.45, 2.75) is 17.9 Å². The molecule has 0 heterocycles. The Balaban J connectivity index is 2.96. The van der Waals surface area contributed by atoms with Crippen molar-refractivity contribution in [1.29, 1.82) is 0 Å². The second-order valence-corrected chi connectivity index (χ2v) is 5.77. The van der Waals surface area contributed by atoms with E-state index in [0.29, 0.717) is 0 Å². The van der Waals surface area contributed by atoms with E-state index in [0.717, 1.165) is 17.8 Å². The van der Waals surface area contributed by atoms with Crippen LogP contribution in [0.25, 0.3) is 0 Å². The number of hydrogen-bond donors (Lipinski definition) is 2. The maximum Gasteiger partial charge on any atom is 0.327 e. The minimum absolute atomic E-state index is 0.0318. The van der Waals surface area contributed by atoms with Crippen LogP contribution in [0.3, 0.4) is 0 Å². The smallest absolute Gasteiger partial charge is 0.327 e. The number of nitrogens with zero attached hydrogens (tertiary/aromatic N) is 1. The number of hydrogen-bond acceptors (Lipinski definition) is 5. The zero-order valence-electron chi connectivity index (χ0n) is 10.6. The molecule has 0 saturated heterocycles. The van der Waals surface area contributed by atoms with Gasteiger partial charge in [0, 0.05) is 18.7 Å². The highest BCUT2D eigenvalue weighted by Gasteiger charge is 2.22. The lowest BCUT2D eigenvalue weighted by Crippen LogP contribution is -2.41. The van der Waals surface area contributed by atoms with Crippen LogP contribution in [0.15, 0.2) is 17.0 Å². The predicted molar refractivity (Wildman–Crippen MR) is 79.1 cm³/mol. The Bertz CT molecular complexity index is 596. The number of rotatable bonds is 6. The van der Waals surface area contributed by atoms with Gasteiger partial charge in [-0.25, -0.2) is 4.79 Å². The second kappa shape index (κ2) is 7.48. The van der Waals surface area contributed by atoms with Crippen LogP contribution in [-0.2, 0) is 9.59 Å². The summed E-state index contributed by atoms with van der Waals surface area (Å²) in [7, 11) is 0. The van der Waals surface area contributed by atoms with Crippen LogP contribution in [0, 0.1) is 10.1 Å². The van der Waals surface area contributed by atoms with Gasteiger partial charge in [-0.1, -0.05) is 23.2 Å². The van der Waals surface area contributed by atoms with E-state index in [1.165, 1.54) is 13.0 Å². The number of aliphatic carboxylic acids is 1. The number of carboxylic acids is 1. The number of halogens is 2. The summed E-state index contributed by atoms with van der Waals surface area (Å²) in [5.41, 5.74) is -0.277. The molecule has 114 valence electrons. The van der Waals surface area contributed by atoms with E-state index in [-0.39, 0.29) is 26.4 Å². The van der Waals surface area contributed by atoms with E-state index >= 15 is 0 Å². The van der Waals surface area contributed by atoms with E-state index in [2.05, 4.69) is 5.32 Å². The van der Waals surface area contributed by atoms with Gasteiger partial charge < -0.3 is 10.4 Å². The molecule has 0 spiro atoms. The van der Waals surface area contributed by atoms with Crippen molar-refractivity contribution in [1.82, 2.24) is 5.32 Å². The molecule has 21 heavy (non-hydrogen) atoms. The predicted octanol–water partition coefficient (Wildman–Crippen LogP) is 2.58. The average molecular weight is 353 g/mol. The van der Waals surface area contributed by atoms with Gasteiger partial charge in [-0.2, -0.15) is 0 Å². The SMILES string of the molecule is CC(=O)NC(CSc1cc(Cl)c(Cl)cc1[N+](=O)[O-])C(=O)O. The van der Waals surface area contributed by atoms with Crippen molar-refractivity contribution in [3.63, 3.8) is 0 Å². The fraction of sp³-hybridized carbons (Fsp3) is 0.273. The van der Waals surface area contributed by atoms with Crippen LogP contribution in [0.2, 0.25) is 10.0 Å². The molecule has 0 aliphatic carbocycles. The van der Waals surface area contributed by atoms with Crippen LogP contribution in [0.5, 0.6) is 0 Å². The molecule has 7 nitrogen and oxygen atoms in total. The van der Waals surface area contributed by atoms with Crippen LogP contribution in [0.1, 0.15) is 6.92 Å². The lowest BCUT2D eigenvalue weighted by molar-refractivity contribution is -0.387.